The molecule has 0 aromatic heterocycles. The van der Waals surface area contributed by atoms with E-state index in [2.05, 4.69) is 10.5 Å². The van der Waals surface area contributed by atoms with Crippen molar-refractivity contribution in [3.8, 4) is 17.2 Å². The molecular formula is C23H21ClN2O4. The molecule has 6 nitrogen and oxygen atoms in total. The Kier molecular flexibility index (Phi) is 7.29. The predicted octanol–water partition coefficient (Wildman–Crippen LogP) is 4.70. The summed E-state index contributed by atoms with van der Waals surface area (Å²) in [4.78, 5) is 12.6. The van der Waals surface area contributed by atoms with Crippen molar-refractivity contribution in [3.63, 3.8) is 0 Å². The highest BCUT2D eigenvalue weighted by Crippen LogP contribution is 2.23. The number of carbonyl (C=O) groups is 1. The normalized spacial score (nSPS) is 10.6. The number of nitrogens with zero attached hydrogens (tertiary/aromatic N) is 1. The Morgan fingerprint density at radius 2 is 1.77 bits per heavy atom. The van der Waals surface area contributed by atoms with Crippen molar-refractivity contribution < 1.29 is 19.0 Å². The number of benzene rings is 3. The standard InChI is InChI=1S/C23H21ClN2O4/c1-28-18-11-12-21(29-2)17(13-18)14-25-26-23(27)19-8-4-6-10-22(19)30-15-16-7-3-5-9-20(16)24/h3-14H,15H2,1-2H3,(H,26,27)/b25-14+. The Balaban J connectivity index is 1.70. The van der Waals surface area contributed by atoms with Gasteiger partial charge in [-0.2, -0.15) is 5.10 Å². The summed E-state index contributed by atoms with van der Waals surface area (Å²) in [5.74, 6) is 1.30. The van der Waals surface area contributed by atoms with E-state index in [1.165, 1.54) is 6.21 Å². The number of hydrazone groups is 1. The van der Waals surface area contributed by atoms with Crippen molar-refractivity contribution in [2.45, 2.75) is 6.61 Å². The third kappa shape index (κ3) is 5.30. The second-order valence-corrected chi connectivity index (χ2v) is 6.59. The zero-order chi connectivity index (χ0) is 21.3. The van der Waals surface area contributed by atoms with Gasteiger partial charge in [-0.3, -0.25) is 4.79 Å². The van der Waals surface area contributed by atoms with E-state index in [0.717, 1.165) is 5.56 Å². The summed E-state index contributed by atoms with van der Waals surface area (Å²) in [6.07, 6.45) is 1.49. The van der Waals surface area contributed by atoms with Gasteiger partial charge in [-0.1, -0.05) is 41.9 Å². The van der Waals surface area contributed by atoms with Crippen molar-refractivity contribution in [3.05, 3.63) is 88.4 Å². The van der Waals surface area contributed by atoms with E-state index in [1.54, 1.807) is 62.8 Å². The Morgan fingerprint density at radius 3 is 2.53 bits per heavy atom. The van der Waals surface area contributed by atoms with Gasteiger partial charge >= 0.3 is 0 Å². The summed E-state index contributed by atoms with van der Waals surface area (Å²) < 4.78 is 16.3. The molecule has 154 valence electrons. The van der Waals surface area contributed by atoms with Crippen LogP contribution in [0.5, 0.6) is 17.2 Å². The SMILES string of the molecule is COc1ccc(OC)c(/C=N/NC(=O)c2ccccc2OCc2ccccc2Cl)c1. The third-order valence-electron chi connectivity index (χ3n) is 4.28. The number of hydrogen-bond acceptors (Lipinski definition) is 5. The van der Waals surface area contributed by atoms with Crippen molar-refractivity contribution in [1.82, 2.24) is 5.43 Å². The van der Waals surface area contributed by atoms with E-state index in [0.29, 0.717) is 33.4 Å². The number of hydrogen-bond donors (Lipinski definition) is 1. The average molecular weight is 425 g/mol. The Labute approximate surface area is 180 Å². The minimum absolute atomic E-state index is 0.244. The largest absolute Gasteiger partial charge is 0.497 e. The van der Waals surface area contributed by atoms with Crippen LogP contribution in [0.4, 0.5) is 0 Å². The highest BCUT2D eigenvalue weighted by molar-refractivity contribution is 6.31. The van der Waals surface area contributed by atoms with Gasteiger partial charge in [0.25, 0.3) is 5.91 Å². The molecule has 0 aliphatic heterocycles. The smallest absolute Gasteiger partial charge is 0.275 e. The van der Waals surface area contributed by atoms with Crippen LogP contribution < -0.4 is 19.6 Å². The first-order chi connectivity index (χ1) is 14.6. The van der Waals surface area contributed by atoms with Crippen molar-refractivity contribution in [1.29, 1.82) is 0 Å². The molecule has 7 heteroatoms. The summed E-state index contributed by atoms with van der Waals surface area (Å²) in [6, 6.07) is 19.6. The van der Waals surface area contributed by atoms with Crippen LogP contribution in [0.1, 0.15) is 21.5 Å². The lowest BCUT2D eigenvalue weighted by Crippen LogP contribution is -2.18. The van der Waals surface area contributed by atoms with Gasteiger partial charge in [0.1, 0.15) is 23.9 Å². The van der Waals surface area contributed by atoms with E-state index in [4.69, 9.17) is 25.8 Å². The molecule has 0 saturated heterocycles. The summed E-state index contributed by atoms with van der Waals surface area (Å²) in [5, 5.41) is 4.65. The summed E-state index contributed by atoms with van der Waals surface area (Å²) in [7, 11) is 3.13. The number of ether oxygens (including phenoxy) is 3. The molecule has 0 unspecified atom stereocenters. The van der Waals surface area contributed by atoms with Gasteiger partial charge in [-0.15, -0.1) is 0 Å². The van der Waals surface area contributed by atoms with Crippen LogP contribution in [0.15, 0.2) is 71.8 Å². The molecule has 30 heavy (non-hydrogen) atoms. The maximum Gasteiger partial charge on any atom is 0.275 e. The lowest BCUT2D eigenvalue weighted by molar-refractivity contribution is 0.0950. The fourth-order valence-corrected chi connectivity index (χ4v) is 2.90. The number of rotatable bonds is 8. The zero-order valence-electron chi connectivity index (χ0n) is 16.6. The van der Waals surface area contributed by atoms with Crippen molar-refractivity contribution in [2.24, 2.45) is 5.10 Å². The maximum atomic E-state index is 12.6. The van der Waals surface area contributed by atoms with Crippen LogP contribution in [0.3, 0.4) is 0 Å². The van der Waals surface area contributed by atoms with Crippen LogP contribution in [0.2, 0.25) is 5.02 Å². The second kappa shape index (κ2) is 10.3. The fourth-order valence-electron chi connectivity index (χ4n) is 2.71. The van der Waals surface area contributed by atoms with E-state index in [1.807, 2.05) is 18.2 Å². The van der Waals surface area contributed by atoms with Gasteiger partial charge < -0.3 is 14.2 Å². The average Bonchev–Trinajstić information content (AvgIpc) is 2.78. The van der Waals surface area contributed by atoms with E-state index < -0.39 is 5.91 Å². The molecule has 0 spiro atoms. The topological polar surface area (TPSA) is 69.2 Å². The quantitative estimate of drug-likeness (QED) is 0.420. The van der Waals surface area contributed by atoms with Crippen LogP contribution >= 0.6 is 11.6 Å². The molecule has 0 fully saturated rings. The first-order valence-electron chi connectivity index (χ1n) is 9.13. The third-order valence-corrected chi connectivity index (χ3v) is 4.65. The molecule has 0 atom stereocenters. The Bertz CT molecular complexity index is 1050. The monoisotopic (exact) mass is 424 g/mol. The predicted molar refractivity (Wildman–Crippen MR) is 117 cm³/mol. The van der Waals surface area contributed by atoms with E-state index in [-0.39, 0.29) is 6.61 Å². The minimum Gasteiger partial charge on any atom is -0.497 e. The molecule has 3 rings (SSSR count). The summed E-state index contributed by atoms with van der Waals surface area (Å²) >= 11 is 6.17. The molecule has 0 heterocycles. The second-order valence-electron chi connectivity index (χ2n) is 6.18. The molecular weight excluding hydrogens is 404 g/mol. The van der Waals surface area contributed by atoms with Crippen molar-refractivity contribution >= 4 is 23.7 Å². The van der Waals surface area contributed by atoms with E-state index in [9.17, 15) is 4.79 Å². The van der Waals surface area contributed by atoms with Crippen LogP contribution in [0, 0.1) is 0 Å². The molecule has 0 bridgehead atoms. The molecule has 1 amide bonds. The molecule has 0 saturated carbocycles. The lowest BCUT2D eigenvalue weighted by Gasteiger charge is -2.11. The Morgan fingerprint density at radius 1 is 1.00 bits per heavy atom. The molecule has 0 aliphatic rings. The van der Waals surface area contributed by atoms with Crippen LogP contribution in [-0.4, -0.2) is 26.3 Å². The Hall–Kier alpha value is -3.51. The number of nitrogens with one attached hydrogen (secondary N) is 1. The number of amides is 1. The van der Waals surface area contributed by atoms with Crippen LogP contribution in [0.25, 0.3) is 0 Å². The molecule has 1 N–H and O–H groups in total. The van der Waals surface area contributed by atoms with Gasteiger partial charge in [-0.25, -0.2) is 5.43 Å². The first kappa shape index (κ1) is 21.2. The van der Waals surface area contributed by atoms with Gasteiger partial charge in [0.2, 0.25) is 0 Å². The van der Waals surface area contributed by atoms with Crippen LogP contribution in [-0.2, 0) is 6.61 Å². The highest BCUT2D eigenvalue weighted by atomic mass is 35.5. The summed E-state index contributed by atoms with van der Waals surface area (Å²) in [5.41, 5.74) is 4.37. The van der Waals surface area contributed by atoms with Gasteiger partial charge in [-0.05, 0) is 36.4 Å². The lowest BCUT2D eigenvalue weighted by atomic mass is 10.2. The van der Waals surface area contributed by atoms with E-state index >= 15 is 0 Å². The number of para-hydroxylation sites is 1. The first-order valence-corrected chi connectivity index (χ1v) is 9.51. The minimum atomic E-state index is -0.400. The molecule has 3 aromatic carbocycles. The van der Waals surface area contributed by atoms with Gasteiger partial charge in [0, 0.05) is 16.1 Å². The maximum absolute atomic E-state index is 12.6. The van der Waals surface area contributed by atoms with Crippen molar-refractivity contribution in [2.75, 3.05) is 14.2 Å². The number of carbonyl (C=O) groups excluding carboxylic acids is 1. The van der Waals surface area contributed by atoms with Gasteiger partial charge in [0.15, 0.2) is 0 Å². The molecule has 0 radical (unpaired) electrons. The summed E-state index contributed by atoms with van der Waals surface area (Å²) in [6.45, 7) is 0.244. The number of methoxy groups -OCH3 is 2. The number of halogens is 1. The zero-order valence-corrected chi connectivity index (χ0v) is 17.3. The molecule has 3 aromatic rings. The van der Waals surface area contributed by atoms with Gasteiger partial charge in [0.05, 0.1) is 26.0 Å². The molecule has 0 aliphatic carbocycles. The highest BCUT2D eigenvalue weighted by Gasteiger charge is 2.12. The fraction of sp³-hybridized carbons (Fsp3) is 0.130.